The van der Waals surface area contributed by atoms with Gasteiger partial charge in [-0.2, -0.15) is 0 Å². The fourth-order valence-electron chi connectivity index (χ4n) is 1.82. The normalized spacial score (nSPS) is 18.5. The average Bonchev–Trinajstić information content (AvgIpc) is 2.41. The number of carboxylic acid groups (broad SMARTS) is 1. The van der Waals surface area contributed by atoms with E-state index >= 15 is 0 Å². The molecule has 0 unspecified atom stereocenters. The summed E-state index contributed by atoms with van der Waals surface area (Å²) in [6.45, 7) is 1.93. The summed E-state index contributed by atoms with van der Waals surface area (Å²) in [5, 5.41) is 11.4. The molecule has 78 valence electrons. The van der Waals surface area contributed by atoms with Gasteiger partial charge in [-0.05, 0) is 24.1 Å². The molecule has 0 aromatic heterocycles. The number of aliphatic carboxylic acids is 1. The summed E-state index contributed by atoms with van der Waals surface area (Å²) in [5.74, 6) is -1.72. The van der Waals surface area contributed by atoms with E-state index in [4.69, 9.17) is 5.11 Å². The number of fused-ring (bicyclic) bond motifs is 1. The van der Waals surface area contributed by atoms with E-state index in [1.165, 1.54) is 0 Å². The minimum absolute atomic E-state index is 0.151. The fraction of sp³-hybridized carbons (Fsp3) is 0.273. The van der Waals surface area contributed by atoms with Crippen molar-refractivity contribution in [3.8, 4) is 0 Å². The first-order valence-electron chi connectivity index (χ1n) is 4.71. The minimum Gasteiger partial charge on any atom is -0.481 e. The number of carboxylic acids is 1. The number of benzene rings is 1. The van der Waals surface area contributed by atoms with E-state index in [0.717, 1.165) is 16.8 Å². The van der Waals surface area contributed by atoms with E-state index in [-0.39, 0.29) is 12.3 Å². The van der Waals surface area contributed by atoms with Gasteiger partial charge in [0.15, 0.2) is 0 Å². The Morgan fingerprint density at radius 1 is 1.53 bits per heavy atom. The van der Waals surface area contributed by atoms with Crippen LogP contribution in [-0.2, 0) is 9.59 Å². The molecule has 0 radical (unpaired) electrons. The van der Waals surface area contributed by atoms with Gasteiger partial charge in [-0.25, -0.2) is 0 Å². The number of hydrogen-bond donors (Lipinski definition) is 2. The lowest BCUT2D eigenvalue weighted by molar-refractivity contribution is -0.138. The summed E-state index contributed by atoms with van der Waals surface area (Å²) in [7, 11) is 0. The largest absolute Gasteiger partial charge is 0.481 e. The molecule has 2 rings (SSSR count). The maximum absolute atomic E-state index is 11.5. The van der Waals surface area contributed by atoms with Gasteiger partial charge in [0, 0.05) is 5.69 Å². The standard InChI is InChI=1S/C11H11NO3/c1-6-2-3-7-8(5-10(13)14)11(15)12-9(7)4-6/h2-4,8H,5H2,1H3,(H,12,15)(H,13,14)/t8-/m0/s1. The molecular weight excluding hydrogens is 194 g/mol. The van der Waals surface area contributed by atoms with Crippen molar-refractivity contribution >= 4 is 17.6 Å². The van der Waals surface area contributed by atoms with Gasteiger partial charge in [0.05, 0.1) is 12.3 Å². The second-order valence-corrected chi connectivity index (χ2v) is 3.73. The van der Waals surface area contributed by atoms with E-state index in [2.05, 4.69) is 5.32 Å². The van der Waals surface area contributed by atoms with Crippen LogP contribution in [-0.4, -0.2) is 17.0 Å². The Morgan fingerprint density at radius 3 is 2.93 bits per heavy atom. The predicted octanol–water partition coefficient (Wildman–Crippen LogP) is 1.51. The molecular formula is C11H11NO3. The summed E-state index contributed by atoms with van der Waals surface area (Å²) >= 11 is 0. The van der Waals surface area contributed by atoms with Crippen molar-refractivity contribution in [2.45, 2.75) is 19.3 Å². The van der Waals surface area contributed by atoms with Crippen molar-refractivity contribution in [3.63, 3.8) is 0 Å². The van der Waals surface area contributed by atoms with Gasteiger partial charge in [0.2, 0.25) is 5.91 Å². The van der Waals surface area contributed by atoms with Crippen LogP contribution in [0.4, 0.5) is 5.69 Å². The predicted molar refractivity (Wildman–Crippen MR) is 54.8 cm³/mol. The summed E-state index contributed by atoms with van der Waals surface area (Å²) in [4.78, 5) is 22.1. The highest BCUT2D eigenvalue weighted by molar-refractivity contribution is 6.04. The fourth-order valence-corrected chi connectivity index (χ4v) is 1.82. The number of carbonyl (C=O) groups is 2. The SMILES string of the molecule is Cc1ccc2c(c1)NC(=O)[C@H]2CC(=O)O. The summed E-state index contributed by atoms with van der Waals surface area (Å²) in [6.07, 6.45) is -0.151. The zero-order valence-electron chi connectivity index (χ0n) is 8.28. The number of hydrogen-bond acceptors (Lipinski definition) is 2. The van der Waals surface area contributed by atoms with Crippen LogP contribution in [0.2, 0.25) is 0 Å². The third-order valence-electron chi connectivity index (χ3n) is 2.54. The lowest BCUT2D eigenvalue weighted by atomic mass is 9.96. The van der Waals surface area contributed by atoms with E-state index in [1.54, 1.807) is 0 Å². The molecule has 1 heterocycles. The molecule has 2 N–H and O–H groups in total. The van der Waals surface area contributed by atoms with Crippen LogP contribution in [0.15, 0.2) is 18.2 Å². The van der Waals surface area contributed by atoms with Gasteiger partial charge in [0.1, 0.15) is 0 Å². The number of aryl methyl sites for hydroxylation is 1. The Labute approximate surface area is 86.9 Å². The van der Waals surface area contributed by atoms with Gasteiger partial charge in [-0.1, -0.05) is 12.1 Å². The lowest BCUT2D eigenvalue weighted by Crippen LogP contribution is -2.15. The van der Waals surface area contributed by atoms with E-state index in [9.17, 15) is 9.59 Å². The molecule has 4 nitrogen and oxygen atoms in total. The minimum atomic E-state index is -0.955. The third-order valence-corrected chi connectivity index (χ3v) is 2.54. The molecule has 0 fully saturated rings. The average molecular weight is 205 g/mol. The molecule has 1 aromatic rings. The topological polar surface area (TPSA) is 66.4 Å². The van der Waals surface area contributed by atoms with Crippen LogP contribution in [0.1, 0.15) is 23.5 Å². The molecule has 1 amide bonds. The van der Waals surface area contributed by atoms with Crippen LogP contribution in [0.5, 0.6) is 0 Å². The Hall–Kier alpha value is -1.84. The van der Waals surface area contributed by atoms with Gasteiger partial charge in [-0.15, -0.1) is 0 Å². The number of anilines is 1. The highest BCUT2D eigenvalue weighted by atomic mass is 16.4. The van der Waals surface area contributed by atoms with Crippen LogP contribution >= 0.6 is 0 Å². The monoisotopic (exact) mass is 205 g/mol. The Kier molecular flexibility index (Phi) is 2.19. The molecule has 4 heteroatoms. The van der Waals surface area contributed by atoms with Gasteiger partial charge >= 0.3 is 5.97 Å². The van der Waals surface area contributed by atoms with E-state index in [1.807, 2.05) is 25.1 Å². The second kappa shape index (κ2) is 3.38. The van der Waals surface area contributed by atoms with Crippen LogP contribution < -0.4 is 5.32 Å². The number of amides is 1. The zero-order valence-corrected chi connectivity index (χ0v) is 8.28. The maximum Gasteiger partial charge on any atom is 0.304 e. The Morgan fingerprint density at radius 2 is 2.27 bits per heavy atom. The molecule has 1 atom stereocenters. The van der Waals surface area contributed by atoms with Crippen LogP contribution in [0.3, 0.4) is 0 Å². The van der Waals surface area contributed by atoms with E-state index in [0.29, 0.717) is 0 Å². The highest BCUT2D eigenvalue weighted by Gasteiger charge is 2.31. The van der Waals surface area contributed by atoms with Gasteiger partial charge in [-0.3, -0.25) is 9.59 Å². The second-order valence-electron chi connectivity index (χ2n) is 3.73. The van der Waals surface area contributed by atoms with E-state index < -0.39 is 11.9 Å². The summed E-state index contributed by atoms with van der Waals surface area (Å²) in [5.41, 5.74) is 2.57. The number of rotatable bonds is 2. The van der Waals surface area contributed by atoms with Crippen molar-refractivity contribution in [2.24, 2.45) is 0 Å². The first-order valence-corrected chi connectivity index (χ1v) is 4.71. The molecule has 1 aliphatic heterocycles. The first-order chi connectivity index (χ1) is 7.08. The van der Waals surface area contributed by atoms with Crippen LogP contribution in [0.25, 0.3) is 0 Å². The lowest BCUT2D eigenvalue weighted by Gasteiger charge is -2.04. The summed E-state index contributed by atoms with van der Waals surface area (Å²) in [6, 6.07) is 5.55. The number of carbonyl (C=O) groups excluding carboxylic acids is 1. The van der Waals surface area contributed by atoms with Crippen LogP contribution in [0, 0.1) is 6.92 Å². The third kappa shape index (κ3) is 1.70. The highest BCUT2D eigenvalue weighted by Crippen LogP contribution is 2.34. The van der Waals surface area contributed by atoms with Crippen molar-refractivity contribution in [3.05, 3.63) is 29.3 Å². The molecule has 0 saturated carbocycles. The molecule has 0 bridgehead atoms. The van der Waals surface area contributed by atoms with Crippen molar-refractivity contribution in [2.75, 3.05) is 5.32 Å². The quantitative estimate of drug-likeness (QED) is 0.769. The zero-order chi connectivity index (χ0) is 11.0. The number of nitrogens with one attached hydrogen (secondary N) is 1. The first kappa shape index (κ1) is 9.71. The molecule has 1 aromatic carbocycles. The van der Waals surface area contributed by atoms with Crippen molar-refractivity contribution in [1.82, 2.24) is 0 Å². The molecule has 0 spiro atoms. The molecule has 15 heavy (non-hydrogen) atoms. The smallest absolute Gasteiger partial charge is 0.304 e. The van der Waals surface area contributed by atoms with Crippen molar-refractivity contribution in [1.29, 1.82) is 0 Å². The molecule has 0 saturated heterocycles. The molecule has 1 aliphatic rings. The van der Waals surface area contributed by atoms with Crippen molar-refractivity contribution < 1.29 is 14.7 Å². The Balaban J connectivity index is 2.37. The van der Waals surface area contributed by atoms with Gasteiger partial charge in [0.25, 0.3) is 0 Å². The summed E-state index contributed by atoms with van der Waals surface area (Å²) < 4.78 is 0. The Bertz CT molecular complexity index is 439. The van der Waals surface area contributed by atoms with Gasteiger partial charge < -0.3 is 10.4 Å². The molecule has 0 aliphatic carbocycles. The maximum atomic E-state index is 11.5.